The quantitative estimate of drug-likeness (QED) is 0.861. The molecule has 4 aliphatic rings. The number of rotatable bonds is 3. The molecular formula is C19H21NO4. The van der Waals surface area contributed by atoms with Gasteiger partial charge in [0.05, 0.1) is 11.8 Å². The molecule has 3 aliphatic carbocycles. The molecule has 1 N–H and O–H groups in total. The normalized spacial score (nSPS) is 35.1. The topological polar surface area (TPSA) is 64.6 Å². The zero-order valence-electron chi connectivity index (χ0n) is 14.3. The number of nitrogens with one attached hydrogen (secondary N) is 1. The minimum atomic E-state index is -1.42. The Bertz CT molecular complexity index is 779. The van der Waals surface area contributed by atoms with Crippen molar-refractivity contribution >= 4 is 17.3 Å². The molecule has 4 unspecified atom stereocenters. The van der Waals surface area contributed by atoms with Crippen LogP contribution in [0.25, 0.3) is 0 Å². The summed E-state index contributed by atoms with van der Waals surface area (Å²) in [5.41, 5.74) is 2.32. The van der Waals surface area contributed by atoms with E-state index >= 15 is 0 Å². The number of para-hydroxylation sites is 1. The third-order valence-electron chi connectivity index (χ3n) is 6.17. The summed E-state index contributed by atoms with van der Waals surface area (Å²) in [6, 6.07) is 7.88. The van der Waals surface area contributed by atoms with Crippen LogP contribution < -0.4 is 5.32 Å². The number of carbonyl (C=O) groups excluding carboxylic acids is 2. The maximum Gasteiger partial charge on any atom is 0.238 e. The molecule has 5 rings (SSSR count). The molecule has 24 heavy (non-hydrogen) atoms. The number of anilines is 1. The molecule has 1 saturated carbocycles. The molecule has 0 spiro atoms. The monoisotopic (exact) mass is 327 g/mol. The van der Waals surface area contributed by atoms with E-state index in [1.165, 1.54) is 21.1 Å². The molecule has 126 valence electrons. The Morgan fingerprint density at radius 3 is 2.50 bits per heavy atom. The van der Waals surface area contributed by atoms with Crippen molar-refractivity contribution in [1.82, 2.24) is 0 Å². The average Bonchev–Trinajstić information content (AvgIpc) is 2.90. The van der Waals surface area contributed by atoms with E-state index in [0.717, 1.165) is 11.3 Å². The Labute approximate surface area is 141 Å². The summed E-state index contributed by atoms with van der Waals surface area (Å²) in [5, 5.41) is 3.53. The average molecular weight is 327 g/mol. The lowest BCUT2D eigenvalue weighted by atomic mass is 9.51. The zero-order valence-corrected chi connectivity index (χ0v) is 14.3. The Kier molecular flexibility index (Phi) is 3.09. The summed E-state index contributed by atoms with van der Waals surface area (Å²) >= 11 is 0. The van der Waals surface area contributed by atoms with Gasteiger partial charge in [0.1, 0.15) is 0 Å². The van der Waals surface area contributed by atoms with Crippen molar-refractivity contribution in [1.29, 1.82) is 0 Å². The number of allylic oxidation sites excluding steroid dienone is 1. The van der Waals surface area contributed by atoms with Gasteiger partial charge < -0.3 is 14.8 Å². The van der Waals surface area contributed by atoms with Crippen LogP contribution in [-0.2, 0) is 24.5 Å². The number of benzene rings is 1. The first-order valence-electron chi connectivity index (χ1n) is 8.15. The molecule has 0 saturated heterocycles. The second-order valence-electron chi connectivity index (χ2n) is 7.02. The molecule has 4 atom stereocenters. The summed E-state index contributed by atoms with van der Waals surface area (Å²) in [6.07, 6.45) is 1.84. The number of ketones is 2. The maximum atomic E-state index is 13.3. The first-order chi connectivity index (χ1) is 11.4. The SMILES string of the molecule is COC1(OC)C(=O)C2C=C(C(C)=O)C1C1Nc3ccccc3C21C. The van der Waals surface area contributed by atoms with Crippen molar-refractivity contribution in [2.75, 3.05) is 19.5 Å². The van der Waals surface area contributed by atoms with E-state index in [-0.39, 0.29) is 17.6 Å². The molecular weight excluding hydrogens is 306 g/mol. The van der Waals surface area contributed by atoms with Crippen molar-refractivity contribution in [3.63, 3.8) is 0 Å². The fourth-order valence-corrected chi connectivity index (χ4v) is 5.01. The fourth-order valence-electron chi connectivity index (χ4n) is 5.01. The van der Waals surface area contributed by atoms with E-state index < -0.39 is 23.0 Å². The Balaban J connectivity index is 1.99. The highest BCUT2D eigenvalue weighted by atomic mass is 16.7. The molecule has 1 heterocycles. The second-order valence-corrected chi connectivity index (χ2v) is 7.02. The molecule has 5 nitrogen and oxygen atoms in total. The van der Waals surface area contributed by atoms with Crippen molar-refractivity contribution in [3.05, 3.63) is 41.5 Å². The Morgan fingerprint density at radius 1 is 1.21 bits per heavy atom. The Hall–Kier alpha value is -1.98. The second kappa shape index (κ2) is 4.77. The summed E-state index contributed by atoms with van der Waals surface area (Å²) in [7, 11) is 2.94. The van der Waals surface area contributed by atoms with Crippen molar-refractivity contribution < 1.29 is 19.1 Å². The first kappa shape index (κ1) is 15.5. The molecule has 1 aromatic rings. The van der Waals surface area contributed by atoms with Crippen LogP contribution in [0, 0.1) is 11.8 Å². The van der Waals surface area contributed by atoms with Crippen molar-refractivity contribution in [3.8, 4) is 0 Å². The van der Waals surface area contributed by atoms with Gasteiger partial charge in [-0.3, -0.25) is 9.59 Å². The highest BCUT2D eigenvalue weighted by molar-refractivity contribution is 6.04. The number of hydrogen-bond donors (Lipinski definition) is 1. The largest absolute Gasteiger partial charge is 0.380 e. The lowest BCUT2D eigenvalue weighted by Crippen LogP contribution is -2.71. The highest BCUT2D eigenvalue weighted by Crippen LogP contribution is 2.60. The lowest BCUT2D eigenvalue weighted by molar-refractivity contribution is -0.244. The van der Waals surface area contributed by atoms with E-state index in [1.807, 2.05) is 24.3 Å². The maximum absolute atomic E-state index is 13.3. The Morgan fingerprint density at radius 2 is 1.88 bits per heavy atom. The smallest absolute Gasteiger partial charge is 0.238 e. The van der Waals surface area contributed by atoms with Gasteiger partial charge in [0.2, 0.25) is 5.79 Å². The minimum absolute atomic E-state index is 0.0456. The van der Waals surface area contributed by atoms with Crippen LogP contribution in [0.5, 0.6) is 0 Å². The third-order valence-corrected chi connectivity index (χ3v) is 6.17. The standard InChI is InChI=1S/C19H21NO4/c1-10(21)11-9-13-17(22)19(23-3,24-4)15(11)16-18(13,2)12-7-5-6-8-14(12)20-16/h5-9,13,15-16,20H,1-4H3. The summed E-state index contributed by atoms with van der Waals surface area (Å²) in [5.74, 6) is -2.53. The highest BCUT2D eigenvalue weighted by Gasteiger charge is 2.71. The predicted molar refractivity (Wildman–Crippen MR) is 88.7 cm³/mol. The van der Waals surface area contributed by atoms with Crippen LogP contribution in [0.3, 0.4) is 0 Å². The van der Waals surface area contributed by atoms with E-state index in [9.17, 15) is 9.59 Å². The number of methoxy groups -OCH3 is 2. The molecule has 1 fully saturated rings. The van der Waals surface area contributed by atoms with Gasteiger partial charge in [-0.2, -0.15) is 0 Å². The molecule has 1 aliphatic heterocycles. The van der Waals surface area contributed by atoms with Gasteiger partial charge in [-0.15, -0.1) is 0 Å². The summed E-state index contributed by atoms with van der Waals surface area (Å²) < 4.78 is 11.2. The molecule has 1 aromatic carbocycles. The first-order valence-corrected chi connectivity index (χ1v) is 8.15. The number of ether oxygens (including phenoxy) is 2. The number of Topliss-reactive ketones (excluding diaryl/α,β-unsaturated/α-hetero) is 2. The van der Waals surface area contributed by atoms with Crippen LogP contribution in [0.1, 0.15) is 19.4 Å². The summed E-state index contributed by atoms with van der Waals surface area (Å²) in [4.78, 5) is 25.5. The van der Waals surface area contributed by atoms with Gasteiger partial charge in [0.25, 0.3) is 0 Å². The molecule has 2 bridgehead atoms. The molecule has 0 aromatic heterocycles. The van der Waals surface area contributed by atoms with Gasteiger partial charge in [-0.25, -0.2) is 0 Å². The molecule has 0 amide bonds. The van der Waals surface area contributed by atoms with Gasteiger partial charge in [-0.05, 0) is 18.6 Å². The van der Waals surface area contributed by atoms with Gasteiger partial charge in [-0.1, -0.05) is 31.2 Å². The van der Waals surface area contributed by atoms with Crippen LogP contribution in [0.15, 0.2) is 35.9 Å². The lowest BCUT2D eigenvalue weighted by Gasteiger charge is -2.57. The summed E-state index contributed by atoms with van der Waals surface area (Å²) in [6.45, 7) is 3.63. The van der Waals surface area contributed by atoms with Gasteiger partial charge in [0.15, 0.2) is 11.6 Å². The predicted octanol–water partition coefficient (Wildman–Crippen LogP) is 2.07. The van der Waals surface area contributed by atoms with E-state index in [2.05, 4.69) is 18.3 Å². The van der Waals surface area contributed by atoms with E-state index in [0.29, 0.717) is 5.57 Å². The van der Waals surface area contributed by atoms with Crippen molar-refractivity contribution in [2.45, 2.75) is 31.1 Å². The van der Waals surface area contributed by atoms with E-state index in [4.69, 9.17) is 9.47 Å². The van der Waals surface area contributed by atoms with Crippen molar-refractivity contribution in [2.24, 2.45) is 11.8 Å². The van der Waals surface area contributed by atoms with Crippen LogP contribution >= 0.6 is 0 Å². The van der Waals surface area contributed by atoms with Crippen LogP contribution in [0.4, 0.5) is 5.69 Å². The third kappa shape index (κ3) is 1.52. The van der Waals surface area contributed by atoms with E-state index in [1.54, 1.807) is 0 Å². The molecule has 5 heteroatoms. The van der Waals surface area contributed by atoms with Crippen LogP contribution in [-0.4, -0.2) is 37.6 Å². The minimum Gasteiger partial charge on any atom is -0.380 e. The molecule has 0 radical (unpaired) electrons. The fraction of sp³-hybridized carbons (Fsp3) is 0.474. The van der Waals surface area contributed by atoms with Gasteiger partial charge >= 0.3 is 0 Å². The zero-order chi connectivity index (χ0) is 17.3. The van der Waals surface area contributed by atoms with Gasteiger partial charge in [0, 0.05) is 36.9 Å². The number of hydrogen-bond acceptors (Lipinski definition) is 5. The number of fused-ring (bicyclic) bond motifs is 2. The number of carbonyl (C=O) groups is 2. The van der Waals surface area contributed by atoms with Crippen LogP contribution in [0.2, 0.25) is 0 Å².